The number of carbonyl (C=O) groups excluding carboxylic acids is 1. The summed E-state index contributed by atoms with van der Waals surface area (Å²) in [6.45, 7) is 8.45. The molecule has 1 atom stereocenters. The lowest BCUT2D eigenvalue weighted by Gasteiger charge is -2.33. The van der Waals surface area contributed by atoms with Crippen molar-refractivity contribution in [1.82, 2.24) is 9.80 Å². The Balaban J connectivity index is 1.26. The second-order valence-corrected chi connectivity index (χ2v) is 9.02. The molecule has 0 aromatic heterocycles. The van der Waals surface area contributed by atoms with Crippen molar-refractivity contribution < 1.29 is 9.53 Å². The summed E-state index contributed by atoms with van der Waals surface area (Å²) < 4.78 is 5.95. The average molecular weight is 407 g/mol. The van der Waals surface area contributed by atoms with Gasteiger partial charge < -0.3 is 14.5 Å². The van der Waals surface area contributed by atoms with Crippen LogP contribution in [0.4, 0.5) is 0 Å². The molecule has 4 nitrogen and oxygen atoms in total. The van der Waals surface area contributed by atoms with E-state index in [0.717, 1.165) is 36.9 Å². The Morgan fingerprint density at radius 2 is 1.87 bits per heavy atom. The number of fused-ring (bicyclic) bond motifs is 1. The van der Waals surface area contributed by atoms with Crippen molar-refractivity contribution in [3.63, 3.8) is 0 Å². The van der Waals surface area contributed by atoms with E-state index < -0.39 is 0 Å². The lowest BCUT2D eigenvalue weighted by atomic mass is 9.90. The van der Waals surface area contributed by atoms with Crippen molar-refractivity contribution in [2.75, 3.05) is 26.2 Å². The lowest BCUT2D eigenvalue weighted by molar-refractivity contribution is -0.134. The topological polar surface area (TPSA) is 32.8 Å². The molecule has 2 heterocycles. The molecule has 0 radical (unpaired) electrons. The van der Waals surface area contributed by atoms with Crippen LogP contribution in [-0.2, 0) is 17.8 Å². The third-order valence-electron chi connectivity index (χ3n) is 6.61. The SMILES string of the molecule is Cc1ccc2c(c1)CN(C(=O)CCN1CCC(Cc3ccccc3)CC1)[C@@H](C)CO2. The first-order chi connectivity index (χ1) is 14.6. The fraction of sp³-hybridized carbons (Fsp3) is 0.500. The van der Waals surface area contributed by atoms with Gasteiger partial charge in [-0.1, -0.05) is 48.0 Å². The number of aryl methyl sites for hydroxylation is 1. The molecule has 4 heteroatoms. The normalized spacial score (nSPS) is 20.3. The molecule has 0 bridgehead atoms. The Morgan fingerprint density at radius 3 is 2.63 bits per heavy atom. The zero-order valence-electron chi connectivity index (χ0n) is 18.3. The molecule has 2 aliphatic rings. The summed E-state index contributed by atoms with van der Waals surface area (Å²) in [6.07, 6.45) is 4.22. The number of benzene rings is 2. The van der Waals surface area contributed by atoms with Crippen molar-refractivity contribution in [2.24, 2.45) is 5.92 Å². The van der Waals surface area contributed by atoms with Gasteiger partial charge in [-0.05, 0) is 63.7 Å². The first-order valence-corrected chi connectivity index (χ1v) is 11.4. The Hall–Kier alpha value is -2.33. The molecular weight excluding hydrogens is 372 g/mol. The number of carbonyl (C=O) groups is 1. The fourth-order valence-corrected chi connectivity index (χ4v) is 4.71. The molecule has 4 rings (SSSR count). The summed E-state index contributed by atoms with van der Waals surface area (Å²) in [7, 11) is 0. The molecule has 160 valence electrons. The van der Waals surface area contributed by atoms with Crippen LogP contribution < -0.4 is 4.74 Å². The molecule has 2 aromatic rings. The van der Waals surface area contributed by atoms with E-state index in [9.17, 15) is 4.79 Å². The molecule has 2 aliphatic heterocycles. The van der Waals surface area contributed by atoms with Gasteiger partial charge in [-0.15, -0.1) is 0 Å². The molecule has 1 fully saturated rings. The van der Waals surface area contributed by atoms with Crippen LogP contribution in [0.3, 0.4) is 0 Å². The van der Waals surface area contributed by atoms with Crippen LogP contribution >= 0.6 is 0 Å². The minimum atomic E-state index is 0.0989. The van der Waals surface area contributed by atoms with Gasteiger partial charge in [-0.2, -0.15) is 0 Å². The predicted octanol–water partition coefficient (Wildman–Crippen LogP) is 4.45. The number of hydrogen-bond acceptors (Lipinski definition) is 3. The van der Waals surface area contributed by atoms with Gasteiger partial charge in [-0.25, -0.2) is 0 Å². The maximum absolute atomic E-state index is 13.0. The minimum Gasteiger partial charge on any atom is -0.491 e. The van der Waals surface area contributed by atoms with Crippen LogP contribution in [0.1, 0.15) is 42.9 Å². The molecule has 0 unspecified atom stereocenters. The third kappa shape index (κ3) is 5.23. The second-order valence-electron chi connectivity index (χ2n) is 9.02. The number of piperidine rings is 1. The van der Waals surface area contributed by atoms with Gasteiger partial charge in [0.05, 0.1) is 6.04 Å². The van der Waals surface area contributed by atoms with Crippen molar-refractivity contribution in [2.45, 2.75) is 52.1 Å². The van der Waals surface area contributed by atoms with Crippen LogP contribution in [0.2, 0.25) is 0 Å². The number of ether oxygens (including phenoxy) is 1. The zero-order chi connectivity index (χ0) is 20.9. The highest BCUT2D eigenvalue weighted by Gasteiger charge is 2.26. The molecular formula is C26H34N2O2. The van der Waals surface area contributed by atoms with Crippen LogP contribution in [-0.4, -0.2) is 48.0 Å². The Morgan fingerprint density at radius 1 is 1.10 bits per heavy atom. The van der Waals surface area contributed by atoms with Gasteiger partial charge in [0.2, 0.25) is 5.91 Å². The zero-order valence-corrected chi connectivity index (χ0v) is 18.3. The number of likely N-dealkylation sites (tertiary alicyclic amines) is 1. The molecule has 1 amide bonds. The Bertz CT molecular complexity index is 843. The largest absolute Gasteiger partial charge is 0.491 e. The van der Waals surface area contributed by atoms with E-state index in [4.69, 9.17) is 4.74 Å². The average Bonchev–Trinajstić information content (AvgIpc) is 2.92. The molecule has 0 N–H and O–H groups in total. The quantitative estimate of drug-likeness (QED) is 0.735. The number of hydrogen-bond donors (Lipinski definition) is 0. The van der Waals surface area contributed by atoms with Crippen molar-refractivity contribution in [1.29, 1.82) is 0 Å². The first kappa shape index (κ1) is 20.9. The first-order valence-electron chi connectivity index (χ1n) is 11.4. The Labute approximate surface area is 180 Å². The van der Waals surface area contributed by atoms with Crippen LogP contribution in [0.15, 0.2) is 48.5 Å². The van der Waals surface area contributed by atoms with Crippen LogP contribution in [0.5, 0.6) is 5.75 Å². The summed E-state index contributed by atoms with van der Waals surface area (Å²) in [4.78, 5) is 17.5. The highest BCUT2D eigenvalue weighted by Crippen LogP contribution is 2.27. The van der Waals surface area contributed by atoms with Crippen LogP contribution in [0.25, 0.3) is 0 Å². The molecule has 0 aliphatic carbocycles. The van der Waals surface area contributed by atoms with Gasteiger partial charge in [0.1, 0.15) is 12.4 Å². The van der Waals surface area contributed by atoms with E-state index in [2.05, 4.69) is 61.2 Å². The number of nitrogens with zero attached hydrogens (tertiary/aromatic N) is 2. The van der Waals surface area contributed by atoms with Gasteiger partial charge in [0, 0.05) is 25.1 Å². The minimum absolute atomic E-state index is 0.0989. The van der Waals surface area contributed by atoms with Gasteiger partial charge in [-0.3, -0.25) is 4.79 Å². The van der Waals surface area contributed by atoms with Gasteiger partial charge >= 0.3 is 0 Å². The van der Waals surface area contributed by atoms with E-state index in [0.29, 0.717) is 19.6 Å². The van der Waals surface area contributed by atoms with Gasteiger partial charge in [0.15, 0.2) is 0 Å². The lowest BCUT2D eigenvalue weighted by Crippen LogP contribution is -2.42. The standard InChI is InChI=1S/C26H34N2O2/c1-20-8-9-25-24(16-20)18-28(21(2)19-30-25)26(29)12-15-27-13-10-23(11-14-27)17-22-6-4-3-5-7-22/h3-9,16,21,23H,10-15,17-19H2,1-2H3/t21-/m0/s1. The van der Waals surface area contributed by atoms with Gasteiger partial charge in [0.25, 0.3) is 0 Å². The molecule has 2 aromatic carbocycles. The number of amides is 1. The maximum atomic E-state index is 13.0. The summed E-state index contributed by atoms with van der Waals surface area (Å²) in [5.74, 6) is 1.93. The van der Waals surface area contributed by atoms with E-state index >= 15 is 0 Å². The van der Waals surface area contributed by atoms with Crippen molar-refractivity contribution >= 4 is 5.91 Å². The maximum Gasteiger partial charge on any atom is 0.224 e. The van der Waals surface area contributed by atoms with Crippen LogP contribution in [0, 0.1) is 12.8 Å². The van der Waals surface area contributed by atoms with E-state index in [1.165, 1.54) is 30.4 Å². The molecule has 0 saturated carbocycles. The summed E-state index contributed by atoms with van der Waals surface area (Å²) in [5, 5.41) is 0. The van der Waals surface area contributed by atoms with Crippen molar-refractivity contribution in [3.8, 4) is 5.75 Å². The summed E-state index contributed by atoms with van der Waals surface area (Å²) in [6, 6.07) is 17.2. The van der Waals surface area contributed by atoms with E-state index in [-0.39, 0.29) is 11.9 Å². The summed E-state index contributed by atoms with van der Waals surface area (Å²) in [5.41, 5.74) is 3.77. The van der Waals surface area contributed by atoms with Crippen molar-refractivity contribution in [3.05, 3.63) is 65.2 Å². The predicted molar refractivity (Wildman–Crippen MR) is 121 cm³/mol. The highest BCUT2D eigenvalue weighted by molar-refractivity contribution is 5.77. The summed E-state index contributed by atoms with van der Waals surface area (Å²) >= 11 is 0. The second kappa shape index (κ2) is 9.65. The highest BCUT2D eigenvalue weighted by atomic mass is 16.5. The number of rotatable bonds is 5. The van der Waals surface area contributed by atoms with E-state index in [1.54, 1.807) is 0 Å². The smallest absolute Gasteiger partial charge is 0.224 e. The molecule has 30 heavy (non-hydrogen) atoms. The molecule has 1 saturated heterocycles. The van der Waals surface area contributed by atoms with E-state index in [1.807, 2.05) is 11.0 Å². The Kier molecular flexibility index (Phi) is 6.73. The monoisotopic (exact) mass is 406 g/mol. The third-order valence-corrected chi connectivity index (χ3v) is 6.61. The molecule has 0 spiro atoms. The fourth-order valence-electron chi connectivity index (χ4n) is 4.71.